The molecule has 3 N–H and O–H groups in total. The van der Waals surface area contributed by atoms with E-state index < -0.39 is 6.04 Å². The van der Waals surface area contributed by atoms with E-state index in [1.807, 2.05) is 0 Å². The van der Waals surface area contributed by atoms with E-state index in [0.717, 1.165) is 50.8 Å². The van der Waals surface area contributed by atoms with Crippen LogP contribution in [0.25, 0.3) is 0 Å². The Morgan fingerprint density at radius 1 is 1.14 bits per heavy atom. The number of hydrogen-bond acceptors (Lipinski definition) is 5. The molecule has 2 heterocycles. The summed E-state index contributed by atoms with van der Waals surface area (Å²) < 4.78 is 19.4. The van der Waals surface area contributed by atoms with Crippen LogP contribution in [0.4, 0.5) is 4.39 Å². The fourth-order valence-corrected chi connectivity index (χ4v) is 6.06. The molecule has 5 unspecified atom stereocenters. The summed E-state index contributed by atoms with van der Waals surface area (Å²) in [5.41, 5.74) is 6.89. The lowest BCUT2D eigenvalue weighted by Gasteiger charge is -2.31. The van der Waals surface area contributed by atoms with Gasteiger partial charge in [-0.25, -0.2) is 4.39 Å². The number of carbonyl (C=O) groups excluding carboxylic acids is 2. The van der Waals surface area contributed by atoms with Gasteiger partial charge < -0.3 is 20.7 Å². The van der Waals surface area contributed by atoms with Gasteiger partial charge in [0.05, 0.1) is 6.10 Å². The maximum Gasteiger partial charge on any atom is 0.242 e. The van der Waals surface area contributed by atoms with Gasteiger partial charge in [-0.05, 0) is 74.6 Å². The summed E-state index contributed by atoms with van der Waals surface area (Å²) in [6.07, 6.45) is 7.33. The van der Waals surface area contributed by atoms with E-state index in [4.69, 9.17) is 10.5 Å². The first-order valence-electron chi connectivity index (χ1n) is 13.3. The average Bonchev–Trinajstić information content (AvgIpc) is 3.54. The van der Waals surface area contributed by atoms with Crippen molar-refractivity contribution in [3.05, 3.63) is 35.6 Å². The zero-order valence-corrected chi connectivity index (χ0v) is 21.0. The zero-order valence-electron chi connectivity index (χ0n) is 21.0. The van der Waals surface area contributed by atoms with Crippen molar-refractivity contribution >= 4 is 11.8 Å². The van der Waals surface area contributed by atoms with E-state index in [2.05, 4.69) is 10.2 Å². The summed E-state index contributed by atoms with van der Waals surface area (Å²) in [6, 6.07) is 6.14. The van der Waals surface area contributed by atoms with E-state index in [9.17, 15) is 14.0 Å². The molecule has 4 rings (SSSR count). The number of carbonyl (C=O) groups is 2. The van der Waals surface area contributed by atoms with Gasteiger partial charge in [-0.3, -0.25) is 14.5 Å². The van der Waals surface area contributed by atoms with Crippen LogP contribution in [0.1, 0.15) is 57.4 Å². The third kappa shape index (κ3) is 7.02. The van der Waals surface area contributed by atoms with Gasteiger partial charge in [0, 0.05) is 45.8 Å². The fraction of sp³-hybridized carbons (Fsp3) is 0.704. The number of nitrogens with two attached hydrogens (primary N) is 1. The van der Waals surface area contributed by atoms with Gasteiger partial charge >= 0.3 is 0 Å². The van der Waals surface area contributed by atoms with E-state index in [-0.39, 0.29) is 29.8 Å². The van der Waals surface area contributed by atoms with Crippen LogP contribution < -0.4 is 11.1 Å². The molecule has 3 aliphatic rings. The molecule has 0 bridgehead atoms. The van der Waals surface area contributed by atoms with Gasteiger partial charge in [0.2, 0.25) is 11.8 Å². The van der Waals surface area contributed by atoms with Crippen molar-refractivity contribution in [2.75, 3.05) is 32.8 Å². The van der Waals surface area contributed by atoms with Crippen LogP contribution in [0.5, 0.6) is 0 Å². The number of nitrogens with zero attached hydrogens (tertiary/aromatic N) is 2. The third-order valence-corrected chi connectivity index (χ3v) is 8.05. The molecule has 1 aromatic carbocycles. The molecule has 1 aliphatic carbocycles. The van der Waals surface area contributed by atoms with Crippen molar-refractivity contribution in [2.24, 2.45) is 17.6 Å². The molecule has 0 aromatic heterocycles. The highest BCUT2D eigenvalue weighted by Crippen LogP contribution is 2.29. The van der Waals surface area contributed by atoms with E-state index >= 15 is 0 Å². The van der Waals surface area contributed by atoms with E-state index in [1.54, 1.807) is 24.0 Å². The summed E-state index contributed by atoms with van der Waals surface area (Å²) in [5.74, 6) is 0.617. The van der Waals surface area contributed by atoms with E-state index in [1.165, 1.54) is 18.6 Å². The van der Waals surface area contributed by atoms with Crippen LogP contribution in [0.3, 0.4) is 0 Å². The zero-order chi connectivity index (χ0) is 24.8. The van der Waals surface area contributed by atoms with Crippen LogP contribution in [0, 0.1) is 17.7 Å². The number of ether oxygens (including phenoxy) is 1. The summed E-state index contributed by atoms with van der Waals surface area (Å²) >= 11 is 0. The average molecular weight is 489 g/mol. The monoisotopic (exact) mass is 488 g/mol. The standard InChI is InChI=1S/C27H41FN4O3/c1-19(33)32-17-24(13-26(32)27(34)30-15-22-5-2-4-21(12-22)14-29)31(18-25-6-3-11-35-25)16-20-7-9-23(28)10-8-20/h7-10,21-22,24-26H,2-6,11-18,29H2,1H3,(H,30,34). The predicted octanol–water partition coefficient (Wildman–Crippen LogP) is 2.68. The second-order valence-electron chi connectivity index (χ2n) is 10.6. The van der Waals surface area contributed by atoms with Gasteiger partial charge in [0.25, 0.3) is 0 Å². The molecule has 194 valence electrons. The third-order valence-electron chi connectivity index (χ3n) is 8.05. The minimum Gasteiger partial charge on any atom is -0.377 e. The van der Waals surface area contributed by atoms with Crippen LogP contribution in [0.2, 0.25) is 0 Å². The molecule has 0 radical (unpaired) electrons. The first kappa shape index (κ1) is 26.0. The molecule has 7 nitrogen and oxygen atoms in total. The number of hydrogen-bond donors (Lipinski definition) is 2. The first-order chi connectivity index (χ1) is 16.9. The second-order valence-corrected chi connectivity index (χ2v) is 10.6. The number of rotatable bonds is 9. The maximum absolute atomic E-state index is 13.5. The largest absolute Gasteiger partial charge is 0.377 e. The van der Waals surface area contributed by atoms with Crippen molar-refractivity contribution in [3.63, 3.8) is 0 Å². The topological polar surface area (TPSA) is 87.9 Å². The Morgan fingerprint density at radius 3 is 2.60 bits per heavy atom. The van der Waals surface area contributed by atoms with Gasteiger partial charge in [-0.15, -0.1) is 0 Å². The Labute approximate surface area is 208 Å². The Balaban J connectivity index is 1.41. The van der Waals surface area contributed by atoms with Crippen LogP contribution in [-0.4, -0.2) is 72.6 Å². The number of halogens is 1. The molecular weight excluding hydrogens is 447 g/mol. The summed E-state index contributed by atoms with van der Waals surface area (Å²) in [7, 11) is 0. The van der Waals surface area contributed by atoms with Gasteiger partial charge in [-0.1, -0.05) is 18.6 Å². The van der Waals surface area contributed by atoms with Gasteiger partial charge in [0.1, 0.15) is 11.9 Å². The molecule has 2 amide bonds. The highest BCUT2D eigenvalue weighted by Gasteiger charge is 2.41. The molecule has 1 saturated carbocycles. The van der Waals surface area contributed by atoms with E-state index in [0.29, 0.717) is 44.4 Å². The van der Waals surface area contributed by atoms with Crippen LogP contribution in [0.15, 0.2) is 24.3 Å². The van der Waals surface area contributed by atoms with Crippen molar-refractivity contribution in [1.82, 2.24) is 15.1 Å². The maximum atomic E-state index is 13.5. The second kappa shape index (κ2) is 12.3. The molecule has 1 aromatic rings. The lowest BCUT2D eigenvalue weighted by atomic mass is 9.81. The summed E-state index contributed by atoms with van der Waals surface area (Å²) in [4.78, 5) is 29.8. The highest BCUT2D eigenvalue weighted by molar-refractivity contribution is 5.87. The highest BCUT2D eigenvalue weighted by atomic mass is 19.1. The lowest BCUT2D eigenvalue weighted by Crippen LogP contribution is -2.46. The molecular formula is C27H41FN4O3. The summed E-state index contributed by atoms with van der Waals surface area (Å²) in [6.45, 7) is 5.56. The summed E-state index contributed by atoms with van der Waals surface area (Å²) in [5, 5.41) is 3.15. The Bertz CT molecular complexity index is 845. The molecule has 35 heavy (non-hydrogen) atoms. The van der Waals surface area contributed by atoms with Crippen molar-refractivity contribution in [3.8, 4) is 0 Å². The van der Waals surface area contributed by atoms with Crippen LogP contribution in [-0.2, 0) is 20.9 Å². The van der Waals surface area contributed by atoms with Crippen molar-refractivity contribution in [1.29, 1.82) is 0 Å². The smallest absolute Gasteiger partial charge is 0.242 e. The Hall–Kier alpha value is -2.03. The molecule has 0 spiro atoms. The molecule has 5 atom stereocenters. The van der Waals surface area contributed by atoms with Crippen molar-refractivity contribution in [2.45, 2.75) is 76.6 Å². The number of nitrogens with one attached hydrogen (secondary N) is 1. The minimum atomic E-state index is -0.466. The lowest BCUT2D eigenvalue weighted by molar-refractivity contribution is -0.137. The number of amides is 2. The van der Waals surface area contributed by atoms with Gasteiger partial charge in [0.15, 0.2) is 0 Å². The molecule has 2 saturated heterocycles. The SMILES string of the molecule is CC(=O)N1CC(N(Cc2ccc(F)cc2)CC2CCCO2)CC1C(=O)NCC1CCCC(CN)C1. The first-order valence-corrected chi connectivity index (χ1v) is 13.3. The Morgan fingerprint density at radius 2 is 1.91 bits per heavy atom. The normalized spacial score (nSPS) is 29.0. The molecule has 2 aliphatic heterocycles. The molecule has 8 heteroatoms. The number of likely N-dealkylation sites (tertiary alicyclic amines) is 1. The Kier molecular flexibility index (Phi) is 9.14. The molecule has 3 fully saturated rings. The minimum absolute atomic E-state index is 0.0419. The predicted molar refractivity (Wildman–Crippen MR) is 133 cm³/mol. The quantitative estimate of drug-likeness (QED) is 0.558. The van der Waals surface area contributed by atoms with Crippen molar-refractivity contribution < 1.29 is 18.7 Å². The van der Waals surface area contributed by atoms with Gasteiger partial charge in [-0.2, -0.15) is 0 Å². The number of benzene rings is 1. The van der Waals surface area contributed by atoms with Crippen LogP contribution >= 0.6 is 0 Å². The fourth-order valence-electron chi connectivity index (χ4n) is 6.06.